The third kappa shape index (κ3) is 3.82. The molecule has 0 aromatic carbocycles. The highest BCUT2D eigenvalue weighted by atomic mass is 16.5. The Bertz CT molecular complexity index is 354. The molecule has 1 rings (SSSR count). The molecule has 1 heterocycles. The molecule has 0 bridgehead atoms. The summed E-state index contributed by atoms with van der Waals surface area (Å²) in [4.78, 5) is 4.40. The second-order valence-electron chi connectivity index (χ2n) is 5.93. The summed E-state index contributed by atoms with van der Waals surface area (Å²) in [5.41, 5.74) is 6.33. The van der Waals surface area contributed by atoms with E-state index in [9.17, 15) is 0 Å². The normalized spacial score (nSPS) is 15.7. The summed E-state index contributed by atoms with van der Waals surface area (Å²) in [7, 11) is 1.73. The first-order valence-corrected chi connectivity index (χ1v) is 6.68. The van der Waals surface area contributed by atoms with E-state index in [0.717, 1.165) is 25.2 Å². The number of nitrogens with two attached hydrogens (primary N) is 1. The minimum Gasteiger partial charge on any atom is -0.379 e. The number of hydrogen-bond donors (Lipinski definition) is 1. The molecule has 0 aliphatic carbocycles. The number of hydrogen-bond acceptors (Lipinski definition) is 3. The molecule has 0 saturated carbocycles. The van der Waals surface area contributed by atoms with Crippen LogP contribution in [0.4, 0.5) is 0 Å². The molecule has 0 aliphatic rings. The average Bonchev–Trinajstić information content (AvgIpc) is 2.65. The molecule has 2 atom stereocenters. The zero-order valence-corrected chi connectivity index (χ0v) is 12.3. The third-order valence-electron chi connectivity index (χ3n) is 3.18. The van der Waals surface area contributed by atoms with Gasteiger partial charge in [0.15, 0.2) is 0 Å². The van der Waals surface area contributed by atoms with Gasteiger partial charge in [0.05, 0.1) is 6.10 Å². The number of methoxy groups -OCH3 is 1. The van der Waals surface area contributed by atoms with Gasteiger partial charge < -0.3 is 15.0 Å². The molecular weight excluding hydrogens is 226 g/mol. The number of imidazole rings is 1. The molecule has 0 saturated heterocycles. The van der Waals surface area contributed by atoms with Crippen LogP contribution in [0.15, 0.2) is 12.4 Å². The zero-order chi connectivity index (χ0) is 13.8. The van der Waals surface area contributed by atoms with E-state index in [1.54, 1.807) is 7.11 Å². The number of aromatic nitrogens is 2. The molecule has 18 heavy (non-hydrogen) atoms. The molecule has 2 N–H and O–H groups in total. The van der Waals surface area contributed by atoms with E-state index in [-0.39, 0.29) is 17.6 Å². The molecule has 104 valence electrons. The fraction of sp³-hybridized carbons (Fsp3) is 0.786. The predicted octanol–water partition coefficient (Wildman–Crippen LogP) is 2.22. The Morgan fingerprint density at radius 2 is 2.11 bits per heavy atom. The lowest BCUT2D eigenvalue weighted by Gasteiger charge is -2.34. The van der Waals surface area contributed by atoms with Crippen LogP contribution >= 0.6 is 0 Å². The lowest BCUT2D eigenvalue weighted by Crippen LogP contribution is -2.46. The summed E-state index contributed by atoms with van der Waals surface area (Å²) in [5.74, 6) is 1.05. The minimum atomic E-state index is -0.0343. The lowest BCUT2D eigenvalue weighted by molar-refractivity contribution is -0.00220. The molecule has 0 fully saturated rings. The number of rotatable bonds is 6. The van der Waals surface area contributed by atoms with E-state index in [1.165, 1.54) is 0 Å². The fourth-order valence-electron chi connectivity index (χ4n) is 2.46. The summed E-state index contributed by atoms with van der Waals surface area (Å²) >= 11 is 0. The van der Waals surface area contributed by atoms with Gasteiger partial charge >= 0.3 is 0 Å². The van der Waals surface area contributed by atoms with E-state index < -0.39 is 0 Å². The standard InChI is InChI=1S/C14H27N3O/c1-6-8-17-9-7-16-12(17)10-11(15)13(18-5)14(2,3)4/h7,9,11,13H,6,8,10,15H2,1-5H3. The van der Waals surface area contributed by atoms with Crippen LogP contribution in [0.25, 0.3) is 0 Å². The van der Waals surface area contributed by atoms with Gasteiger partial charge in [-0.3, -0.25) is 0 Å². The Hall–Kier alpha value is -0.870. The molecule has 0 aliphatic heterocycles. The molecule has 0 radical (unpaired) electrons. The molecule has 4 heteroatoms. The van der Waals surface area contributed by atoms with Crippen molar-refractivity contribution in [3.63, 3.8) is 0 Å². The molecule has 1 aromatic rings. The van der Waals surface area contributed by atoms with Gasteiger partial charge in [-0.15, -0.1) is 0 Å². The van der Waals surface area contributed by atoms with E-state index in [4.69, 9.17) is 10.5 Å². The van der Waals surface area contributed by atoms with Crippen molar-refractivity contribution in [1.29, 1.82) is 0 Å². The number of ether oxygens (including phenoxy) is 1. The maximum absolute atomic E-state index is 6.29. The smallest absolute Gasteiger partial charge is 0.110 e. The number of nitrogens with zero attached hydrogens (tertiary/aromatic N) is 2. The molecule has 1 aromatic heterocycles. The predicted molar refractivity (Wildman–Crippen MR) is 74.4 cm³/mol. The summed E-state index contributed by atoms with van der Waals surface area (Å²) in [6.45, 7) is 9.62. The highest BCUT2D eigenvalue weighted by Gasteiger charge is 2.30. The monoisotopic (exact) mass is 253 g/mol. The van der Waals surface area contributed by atoms with Gasteiger partial charge in [0, 0.05) is 38.5 Å². The molecule has 0 amide bonds. The van der Waals surface area contributed by atoms with E-state index in [0.29, 0.717) is 0 Å². The van der Waals surface area contributed by atoms with E-state index in [1.807, 2.05) is 12.4 Å². The highest BCUT2D eigenvalue weighted by molar-refractivity contribution is 4.98. The Morgan fingerprint density at radius 1 is 1.44 bits per heavy atom. The van der Waals surface area contributed by atoms with Gasteiger partial charge in [0.25, 0.3) is 0 Å². The van der Waals surface area contributed by atoms with Crippen molar-refractivity contribution in [3.8, 4) is 0 Å². The van der Waals surface area contributed by atoms with Gasteiger partial charge in [-0.25, -0.2) is 4.98 Å². The van der Waals surface area contributed by atoms with Gasteiger partial charge in [-0.1, -0.05) is 27.7 Å². The van der Waals surface area contributed by atoms with Crippen molar-refractivity contribution in [1.82, 2.24) is 9.55 Å². The van der Waals surface area contributed by atoms with Crippen molar-refractivity contribution in [2.24, 2.45) is 11.1 Å². The Balaban J connectivity index is 2.73. The van der Waals surface area contributed by atoms with Crippen LogP contribution in [0.1, 0.15) is 39.9 Å². The molecule has 4 nitrogen and oxygen atoms in total. The van der Waals surface area contributed by atoms with Crippen molar-refractivity contribution < 1.29 is 4.74 Å². The maximum Gasteiger partial charge on any atom is 0.110 e. The first-order valence-electron chi connectivity index (χ1n) is 6.68. The fourth-order valence-corrected chi connectivity index (χ4v) is 2.46. The largest absolute Gasteiger partial charge is 0.379 e. The first-order chi connectivity index (χ1) is 8.40. The Morgan fingerprint density at radius 3 is 2.61 bits per heavy atom. The van der Waals surface area contributed by atoms with E-state index >= 15 is 0 Å². The second kappa shape index (κ2) is 6.34. The van der Waals surface area contributed by atoms with Crippen LogP contribution < -0.4 is 5.73 Å². The quantitative estimate of drug-likeness (QED) is 0.846. The summed E-state index contributed by atoms with van der Waals surface area (Å²) in [5, 5.41) is 0. The molecule has 0 spiro atoms. The Kier molecular flexibility index (Phi) is 5.35. The molecular formula is C14H27N3O. The van der Waals surface area contributed by atoms with Crippen LogP contribution in [0.3, 0.4) is 0 Å². The van der Waals surface area contributed by atoms with Crippen molar-refractivity contribution in [2.45, 2.75) is 59.2 Å². The van der Waals surface area contributed by atoms with Crippen LogP contribution in [-0.4, -0.2) is 28.8 Å². The second-order valence-corrected chi connectivity index (χ2v) is 5.93. The van der Waals surface area contributed by atoms with Crippen molar-refractivity contribution in [2.75, 3.05) is 7.11 Å². The van der Waals surface area contributed by atoms with Crippen molar-refractivity contribution in [3.05, 3.63) is 18.2 Å². The number of aryl methyl sites for hydroxylation is 1. The summed E-state index contributed by atoms with van der Waals surface area (Å²) < 4.78 is 7.74. The van der Waals surface area contributed by atoms with Crippen LogP contribution in [0.2, 0.25) is 0 Å². The zero-order valence-electron chi connectivity index (χ0n) is 12.3. The van der Waals surface area contributed by atoms with Gasteiger partial charge in [0.2, 0.25) is 0 Å². The van der Waals surface area contributed by atoms with Crippen molar-refractivity contribution >= 4 is 0 Å². The van der Waals surface area contributed by atoms with Crippen LogP contribution in [0, 0.1) is 5.41 Å². The van der Waals surface area contributed by atoms with Crippen LogP contribution in [0.5, 0.6) is 0 Å². The lowest BCUT2D eigenvalue weighted by atomic mass is 9.83. The molecule has 2 unspecified atom stereocenters. The summed E-state index contributed by atoms with van der Waals surface area (Å²) in [6, 6.07) is -0.0343. The Labute approximate surface area is 111 Å². The van der Waals surface area contributed by atoms with Crippen LogP contribution in [-0.2, 0) is 17.7 Å². The summed E-state index contributed by atoms with van der Waals surface area (Å²) in [6.07, 6.45) is 5.75. The topological polar surface area (TPSA) is 53.1 Å². The average molecular weight is 253 g/mol. The first kappa shape index (κ1) is 15.2. The highest BCUT2D eigenvalue weighted by Crippen LogP contribution is 2.25. The minimum absolute atomic E-state index is 0.0317. The van der Waals surface area contributed by atoms with Gasteiger partial charge in [-0.2, -0.15) is 0 Å². The third-order valence-corrected chi connectivity index (χ3v) is 3.18. The SMILES string of the molecule is CCCn1ccnc1CC(N)C(OC)C(C)(C)C. The maximum atomic E-state index is 6.29. The van der Waals surface area contributed by atoms with Gasteiger partial charge in [0.1, 0.15) is 5.82 Å². The van der Waals surface area contributed by atoms with Gasteiger partial charge in [-0.05, 0) is 11.8 Å². The van der Waals surface area contributed by atoms with E-state index in [2.05, 4.69) is 37.2 Å².